The summed E-state index contributed by atoms with van der Waals surface area (Å²) in [6, 6.07) is 9.16. The number of hydrogen-bond donors (Lipinski definition) is 3. The Labute approximate surface area is 114 Å². The molecule has 3 N–H and O–H groups in total. The van der Waals surface area contributed by atoms with Crippen LogP contribution in [0, 0.1) is 0 Å². The van der Waals surface area contributed by atoms with Gasteiger partial charge in [-0.3, -0.25) is 4.79 Å². The number of carbonyl (C=O) groups is 2. The highest BCUT2D eigenvalue weighted by Gasteiger charge is 2.08. The Balaban J connectivity index is 2.04. The molecule has 1 heterocycles. The Morgan fingerprint density at radius 3 is 2.70 bits per heavy atom. The molecule has 0 fully saturated rings. The van der Waals surface area contributed by atoms with Gasteiger partial charge in [-0.1, -0.05) is 12.1 Å². The van der Waals surface area contributed by atoms with E-state index in [1.807, 2.05) is 0 Å². The predicted octanol–water partition coefficient (Wildman–Crippen LogP) is 1.67. The van der Waals surface area contributed by atoms with E-state index in [2.05, 4.69) is 10.3 Å². The minimum atomic E-state index is -1.16. The molecule has 0 unspecified atom stereocenters. The van der Waals surface area contributed by atoms with E-state index in [1.54, 1.807) is 12.1 Å². The molecule has 2 aromatic rings. The first-order chi connectivity index (χ1) is 9.54. The van der Waals surface area contributed by atoms with Crippen molar-refractivity contribution in [2.75, 3.05) is 5.32 Å². The number of anilines is 1. The SMILES string of the molecule is O=C(Cc1cccc(O)c1)Nc1ccnc(C(=O)O)c1. The van der Waals surface area contributed by atoms with Crippen LogP contribution in [-0.4, -0.2) is 27.1 Å². The van der Waals surface area contributed by atoms with E-state index in [9.17, 15) is 14.7 Å². The van der Waals surface area contributed by atoms with Crippen molar-refractivity contribution in [2.24, 2.45) is 0 Å². The fourth-order valence-electron chi connectivity index (χ4n) is 1.68. The van der Waals surface area contributed by atoms with Gasteiger partial charge in [0.05, 0.1) is 6.42 Å². The molecule has 0 aliphatic rings. The lowest BCUT2D eigenvalue weighted by Crippen LogP contribution is -2.15. The van der Waals surface area contributed by atoms with Gasteiger partial charge in [0.1, 0.15) is 11.4 Å². The summed E-state index contributed by atoms with van der Waals surface area (Å²) in [5, 5.41) is 20.7. The molecule has 0 spiro atoms. The maximum atomic E-state index is 11.8. The number of rotatable bonds is 4. The number of aromatic nitrogens is 1. The first kappa shape index (κ1) is 13.5. The number of phenols is 1. The summed E-state index contributed by atoms with van der Waals surface area (Å²) in [4.78, 5) is 26.2. The summed E-state index contributed by atoms with van der Waals surface area (Å²) < 4.78 is 0. The average molecular weight is 272 g/mol. The van der Waals surface area contributed by atoms with E-state index in [4.69, 9.17) is 5.11 Å². The van der Waals surface area contributed by atoms with Gasteiger partial charge < -0.3 is 15.5 Å². The Morgan fingerprint density at radius 2 is 2.00 bits per heavy atom. The molecule has 6 nitrogen and oxygen atoms in total. The summed E-state index contributed by atoms with van der Waals surface area (Å²) in [7, 11) is 0. The van der Waals surface area contributed by atoms with Crippen LogP contribution in [0.3, 0.4) is 0 Å². The third kappa shape index (κ3) is 3.55. The number of nitrogens with zero attached hydrogens (tertiary/aromatic N) is 1. The molecule has 0 bridgehead atoms. The Morgan fingerprint density at radius 1 is 1.20 bits per heavy atom. The number of carbonyl (C=O) groups excluding carboxylic acids is 1. The molecule has 1 aromatic heterocycles. The summed E-state index contributed by atoms with van der Waals surface area (Å²) in [6.07, 6.45) is 1.40. The number of carboxylic acid groups (broad SMARTS) is 1. The van der Waals surface area contributed by atoms with Gasteiger partial charge in [-0.25, -0.2) is 9.78 Å². The lowest BCUT2D eigenvalue weighted by Gasteiger charge is -2.06. The van der Waals surface area contributed by atoms with E-state index >= 15 is 0 Å². The largest absolute Gasteiger partial charge is 0.508 e. The van der Waals surface area contributed by atoms with Crippen LogP contribution in [-0.2, 0) is 11.2 Å². The lowest BCUT2D eigenvalue weighted by molar-refractivity contribution is -0.115. The second-order valence-corrected chi connectivity index (χ2v) is 4.13. The van der Waals surface area contributed by atoms with Crippen molar-refractivity contribution in [3.63, 3.8) is 0 Å². The normalized spacial score (nSPS) is 10.0. The number of pyridine rings is 1. The second-order valence-electron chi connectivity index (χ2n) is 4.13. The molecule has 102 valence electrons. The van der Waals surface area contributed by atoms with Crippen LogP contribution in [0.15, 0.2) is 42.6 Å². The van der Waals surface area contributed by atoms with E-state index in [1.165, 1.54) is 30.5 Å². The van der Waals surface area contributed by atoms with Crippen LogP contribution in [0.1, 0.15) is 16.1 Å². The van der Waals surface area contributed by atoms with Crippen molar-refractivity contribution in [1.29, 1.82) is 0 Å². The maximum Gasteiger partial charge on any atom is 0.354 e. The van der Waals surface area contributed by atoms with Crippen LogP contribution in [0.5, 0.6) is 5.75 Å². The van der Waals surface area contributed by atoms with Gasteiger partial charge in [-0.2, -0.15) is 0 Å². The molecule has 20 heavy (non-hydrogen) atoms. The third-order valence-corrected chi connectivity index (χ3v) is 2.54. The number of nitrogens with one attached hydrogen (secondary N) is 1. The molecule has 0 saturated heterocycles. The molecule has 1 aromatic carbocycles. The van der Waals surface area contributed by atoms with Crippen LogP contribution in [0.2, 0.25) is 0 Å². The predicted molar refractivity (Wildman–Crippen MR) is 71.6 cm³/mol. The van der Waals surface area contributed by atoms with Gasteiger partial charge in [-0.05, 0) is 29.8 Å². The van der Waals surface area contributed by atoms with Crippen molar-refractivity contribution in [3.05, 3.63) is 53.9 Å². The van der Waals surface area contributed by atoms with Gasteiger partial charge in [0.15, 0.2) is 0 Å². The number of carboxylic acids is 1. The minimum absolute atomic E-state index is 0.0825. The zero-order valence-corrected chi connectivity index (χ0v) is 10.4. The number of aromatic carboxylic acids is 1. The number of phenolic OH excluding ortho intramolecular Hbond substituents is 1. The molecule has 0 aliphatic carbocycles. The smallest absolute Gasteiger partial charge is 0.354 e. The highest BCUT2D eigenvalue weighted by molar-refractivity contribution is 5.94. The molecule has 0 atom stereocenters. The zero-order chi connectivity index (χ0) is 14.5. The molecule has 1 amide bonds. The quantitative estimate of drug-likeness (QED) is 0.786. The highest BCUT2D eigenvalue weighted by atomic mass is 16.4. The molecular weight excluding hydrogens is 260 g/mol. The first-order valence-corrected chi connectivity index (χ1v) is 5.82. The average Bonchev–Trinajstić information content (AvgIpc) is 2.38. The van der Waals surface area contributed by atoms with Gasteiger partial charge in [-0.15, -0.1) is 0 Å². The maximum absolute atomic E-state index is 11.8. The molecule has 2 rings (SSSR count). The van der Waals surface area contributed by atoms with Gasteiger partial charge in [0.2, 0.25) is 5.91 Å². The Hall–Kier alpha value is -2.89. The van der Waals surface area contributed by atoms with E-state index in [-0.39, 0.29) is 23.8 Å². The fourth-order valence-corrected chi connectivity index (χ4v) is 1.68. The lowest BCUT2D eigenvalue weighted by atomic mass is 10.1. The second kappa shape index (κ2) is 5.83. The Bertz CT molecular complexity index is 655. The molecule has 0 saturated carbocycles. The summed E-state index contributed by atoms with van der Waals surface area (Å²) >= 11 is 0. The monoisotopic (exact) mass is 272 g/mol. The number of benzene rings is 1. The standard InChI is InChI=1S/C14H12N2O4/c17-11-3-1-2-9(6-11)7-13(18)16-10-4-5-15-12(8-10)14(19)20/h1-6,8,17H,7H2,(H,19,20)(H,15,16,18). The molecule has 6 heteroatoms. The Kier molecular flexibility index (Phi) is 3.95. The van der Waals surface area contributed by atoms with Crippen LogP contribution in [0.25, 0.3) is 0 Å². The van der Waals surface area contributed by atoms with Crippen molar-refractivity contribution < 1.29 is 19.8 Å². The van der Waals surface area contributed by atoms with E-state index < -0.39 is 5.97 Å². The summed E-state index contributed by atoms with van der Waals surface area (Å²) in [6.45, 7) is 0. The van der Waals surface area contributed by atoms with Crippen LogP contribution < -0.4 is 5.32 Å². The molecular formula is C14H12N2O4. The fraction of sp³-hybridized carbons (Fsp3) is 0.0714. The number of amides is 1. The first-order valence-electron chi connectivity index (χ1n) is 5.82. The summed E-state index contributed by atoms with van der Waals surface area (Å²) in [5.74, 6) is -1.38. The highest BCUT2D eigenvalue weighted by Crippen LogP contribution is 2.13. The van der Waals surface area contributed by atoms with E-state index in [0.717, 1.165) is 0 Å². The zero-order valence-electron chi connectivity index (χ0n) is 10.4. The van der Waals surface area contributed by atoms with Gasteiger partial charge >= 0.3 is 5.97 Å². The number of hydrogen-bond acceptors (Lipinski definition) is 4. The van der Waals surface area contributed by atoms with Crippen molar-refractivity contribution in [2.45, 2.75) is 6.42 Å². The van der Waals surface area contributed by atoms with Gasteiger partial charge in [0, 0.05) is 11.9 Å². The van der Waals surface area contributed by atoms with Crippen LogP contribution >= 0.6 is 0 Å². The summed E-state index contributed by atoms with van der Waals surface area (Å²) in [5.41, 5.74) is 0.887. The van der Waals surface area contributed by atoms with Crippen LogP contribution in [0.4, 0.5) is 5.69 Å². The van der Waals surface area contributed by atoms with Crippen molar-refractivity contribution >= 4 is 17.6 Å². The van der Waals surface area contributed by atoms with E-state index in [0.29, 0.717) is 11.3 Å². The topological polar surface area (TPSA) is 99.5 Å². The molecule has 0 radical (unpaired) electrons. The molecule has 0 aliphatic heterocycles. The van der Waals surface area contributed by atoms with Crippen molar-refractivity contribution in [3.8, 4) is 5.75 Å². The number of aromatic hydroxyl groups is 1. The van der Waals surface area contributed by atoms with Crippen molar-refractivity contribution in [1.82, 2.24) is 4.98 Å². The van der Waals surface area contributed by atoms with Gasteiger partial charge in [0.25, 0.3) is 0 Å². The third-order valence-electron chi connectivity index (χ3n) is 2.54. The minimum Gasteiger partial charge on any atom is -0.508 e.